The monoisotopic (exact) mass is 443 g/mol. The van der Waals surface area contributed by atoms with Crippen LogP contribution in [0.3, 0.4) is 0 Å². The molecule has 3 atom stereocenters. The molecular formula is C25H21N3O5. The first-order valence-electron chi connectivity index (χ1n) is 10.7. The average molecular weight is 443 g/mol. The van der Waals surface area contributed by atoms with Crippen molar-refractivity contribution in [3.63, 3.8) is 0 Å². The molecule has 0 N–H and O–H groups in total. The molecule has 2 saturated heterocycles. The molecule has 166 valence electrons. The van der Waals surface area contributed by atoms with Crippen molar-refractivity contribution in [1.82, 2.24) is 0 Å². The zero-order valence-corrected chi connectivity index (χ0v) is 17.8. The lowest BCUT2D eigenvalue weighted by Gasteiger charge is -2.28. The number of nitro groups is 1. The van der Waals surface area contributed by atoms with Crippen LogP contribution in [0.1, 0.15) is 24.1 Å². The van der Waals surface area contributed by atoms with E-state index in [2.05, 4.69) is 6.92 Å². The maximum Gasteiger partial charge on any atom is 0.271 e. The maximum absolute atomic E-state index is 13.5. The molecule has 0 unspecified atom stereocenters. The molecule has 0 aromatic heterocycles. The third-order valence-electron chi connectivity index (χ3n) is 6.15. The van der Waals surface area contributed by atoms with Gasteiger partial charge >= 0.3 is 0 Å². The van der Waals surface area contributed by atoms with Gasteiger partial charge in [0.2, 0.25) is 5.91 Å². The highest BCUT2D eigenvalue weighted by molar-refractivity contribution is 6.23. The third kappa shape index (κ3) is 3.44. The summed E-state index contributed by atoms with van der Waals surface area (Å²) in [5, 5.41) is 12.8. The van der Waals surface area contributed by atoms with Crippen LogP contribution in [0.5, 0.6) is 0 Å². The van der Waals surface area contributed by atoms with Crippen LogP contribution in [0.25, 0.3) is 0 Å². The van der Waals surface area contributed by atoms with E-state index in [1.165, 1.54) is 22.1 Å². The Morgan fingerprint density at radius 1 is 0.909 bits per heavy atom. The van der Waals surface area contributed by atoms with E-state index in [1.54, 1.807) is 36.4 Å². The molecule has 2 amide bonds. The molecule has 8 nitrogen and oxygen atoms in total. The predicted molar refractivity (Wildman–Crippen MR) is 121 cm³/mol. The lowest BCUT2D eigenvalue weighted by molar-refractivity contribution is -0.384. The molecule has 2 aliphatic heterocycles. The molecule has 33 heavy (non-hydrogen) atoms. The minimum absolute atomic E-state index is 0.100. The number of amides is 2. The van der Waals surface area contributed by atoms with Gasteiger partial charge in [-0.25, -0.2) is 9.96 Å². The molecule has 0 bridgehead atoms. The topological polar surface area (TPSA) is 93.0 Å². The molecule has 0 radical (unpaired) electrons. The minimum Gasteiger partial charge on any atom is -0.273 e. The number of hydroxylamine groups is 1. The summed E-state index contributed by atoms with van der Waals surface area (Å²) in [5.74, 6) is -1.59. The number of imide groups is 1. The number of hydrogen-bond donors (Lipinski definition) is 0. The van der Waals surface area contributed by atoms with Gasteiger partial charge in [0.05, 0.1) is 22.3 Å². The van der Waals surface area contributed by atoms with Crippen LogP contribution in [0, 0.1) is 16.0 Å². The van der Waals surface area contributed by atoms with Crippen LogP contribution < -0.4 is 9.96 Å². The number of non-ortho nitro benzene ring substituents is 1. The van der Waals surface area contributed by atoms with E-state index >= 15 is 0 Å². The molecule has 2 aliphatic rings. The molecule has 0 spiro atoms. The molecule has 2 heterocycles. The number of carbonyl (C=O) groups excluding carboxylic acids is 2. The first kappa shape index (κ1) is 20.8. The summed E-state index contributed by atoms with van der Waals surface area (Å²) in [6, 6.07) is 21.9. The zero-order chi connectivity index (χ0) is 23.1. The molecule has 3 aromatic carbocycles. The van der Waals surface area contributed by atoms with Crippen molar-refractivity contribution >= 4 is 28.9 Å². The number of aryl methyl sites for hydroxylation is 1. The number of hydrogen-bond acceptors (Lipinski definition) is 6. The smallest absolute Gasteiger partial charge is 0.271 e. The second kappa shape index (κ2) is 8.14. The van der Waals surface area contributed by atoms with Crippen LogP contribution in [0.15, 0.2) is 78.9 Å². The maximum atomic E-state index is 13.5. The zero-order valence-electron chi connectivity index (χ0n) is 17.8. The summed E-state index contributed by atoms with van der Waals surface area (Å²) in [6.07, 6.45) is -0.158. The van der Waals surface area contributed by atoms with Crippen molar-refractivity contribution < 1.29 is 19.3 Å². The summed E-state index contributed by atoms with van der Waals surface area (Å²) in [6.45, 7) is 2.05. The second-order valence-corrected chi connectivity index (χ2v) is 8.04. The van der Waals surface area contributed by atoms with Gasteiger partial charge in [0, 0.05) is 12.1 Å². The number of anilines is 2. The van der Waals surface area contributed by atoms with Gasteiger partial charge in [0.1, 0.15) is 5.92 Å². The van der Waals surface area contributed by atoms with Crippen LogP contribution in [-0.4, -0.2) is 22.8 Å². The van der Waals surface area contributed by atoms with Crippen LogP contribution >= 0.6 is 0 Å². The van der Waals surface area contributed by atoms with Crippen molar-refractivity contribution in [2.75, 3.05) is 9.96 Å². The Balaban J connectivity index is 1.59. The van der Waals surface area contributed by atoms with Gasteiger partial charge in [-0.3, -0.25) is 24.5 Å². The van der Waals surface area contributed by atoms with Gasteiger partial charge in [-0.1, -0.05) is 55.5 Å². The van der Waals surface area contributed by atoms with Gasteiger partial charge < -0.3 is 0 Å². The van der Waals surface area contributed by atoms with Crippen molar-refractivity contribution in [3.8, 4) is 0 Å². The number of carbonyl (C=O) groups is 2. The van der Waals surface area contributed by atoms with Gasteiger partial charge in [-0.15, -0.1) is 0 Å². The summed E-state index contributed by atoms with van der Waals surface area (Å²) in [5.41, 5.74) is 2.73. The quantitative estimate of drug-likeness (QED) is 0.333. The Morgan fingerprint density at radius 3 is 2.27 bits per heavy atom. The van der Waals surface area contributed by atoms with Gasteiger partial charge in [-0.2, -0.15) is 0 Å². The predicted octanol–water partition coefficient (Wildman–Crippen LogP) is 4.21. The summed E-state index contributed by atoms with van der Waals surface area (Å²) < 4.78 is 0. The first-order valence-corrected chi connectivity index (χ1v) is 10.7. The van der Waals surface area contributed by atoms with E-state index in [-0.39, 0.29) is 11.6 Å². The summed E-state index contributed by atoms with van der Waals surface area (Å²) in [7, 11) is 0. The number of benzene rings is 3. The molecule has 8 heteroatoms. The lowest BCUT2D eigenvalue weighted by Crippen LogP contribution is -2.37. The van der Waals surface area contributed by atoms with Gasteiger partial charge in [0.25, 0.3) is 11.6 Å². The summed E-state index contributed by atoms with van der Waals surface area (Å²) >= 11 is 0. The van der Waals surface area contributed by atoms with Gasteiger partial charge in [-0.05, 0) is 35.7 Å². The fourth-order valence-corrected chi connectivity index (χ4v) is 4.50. The normalized spacial score (nSPS) is 22.0. The van der Waals surface area contributed by atoms with Crippen LogP contribution in [0.2, 0.25) is 0 Å². The fraction of sp³-hybridized carbons (Fsp3) is 0.200. The highest BCUT2D eigenvalue weighted by atomic mass is 16.7. The van der Waals surface area contributed by atoms with Crippen molar-refractivity contribution in [3.05, 3.63) is 100 Å². The first-order chi connectivity index (χ1) is 16.0. The Kier molecular flexibility index (Phi) is 5.14. The van der Waals surface area contributed by atoms with E-state index < -0.39 is 28.9 Å². The Hall–Kier alpha value is -4.04. The number of rotatable bonds is 5. The summed E-state index contributed by atoms with van der Waals surface area (Å²) in [4.78, 5) is 44.9. The Morgan fingerprint density at radius 2 is 1.61 bits per heavy atom. The average Bonchev–Trinajstić information content (AvgIpc) is 3.35. The Bertz CT molecular complexity index is 1230. The molecule has 0 aliphatic carbocycles. The molecular weight excluding hydrogens is 422 g/mol. The van der Waals surface area contributed by atoms with Crippen molar-refractivity contribution in [2.24, 2.45) is 5.92 Å². The van der Waals surface area contributed by atoms with E-state index in [9.17, 15) is 19.7 Å². The molecule has 2 fully saturated rings. The number of nitro benzene ring substituents is 1. The fourth-order valence-electron chi connectivity index (χ4n) is 4.50. The minimum atomic E-state index is -1.02. The standard InChI is InChI=1S/C25H21N3O5/c1-2-16-11-13-17(14-12-16)22-21-23(25(30)26(24(21)29)18-7-4-3-5-8-18)33-27(22)19-9-6-10-20(15-19)28(31)32/h3-15,21-23H,2H2,1H3/t21-,22-,23-/m1/s1. The Labute approximate surface area is 190 Å². The van der Waals surface area contributed by atoms with E-state index in [0.29, 0.717) is 11.4 Å². The number of para-hydroxylation sites is 1. The van der Waals surface area contributed by atoms with E-state index in [0.717, 1.165) is 17.5 Å². The van der Waals surface area contributed by atoms with E-state index in [1.807, 2.05) is 30.3 Å². The van der Waals surface area contributed by atoms with Crippen molar-refractivity contribution in [1.29, 1.82) is 0 Å². The highest BCUT2D eigenvalue weighted by Gasteiger charge is 2.60. The highest BCUT2D eigenvalue weighted by Crippen LogP contribution is 2.48. The van der Waals surface area contributed by atoms with Gasteiger partial charge in [0.15, 0.2) is 6.10 Å². The van der Waals surface area contributed by atoms with Crippen molar-refractivity contribution in [2.45, 2.75) is 25.5 Å². The number of nitrogens with zero attached hydrogens (tertiary/aromatic N) is 3. The number of fused-ring (bicyclic) bond motifs is 1. The van der Waals surface area contributed by atoms with E-state index in [4.69, 9.17) is 4.84 Å². The largest absolute Gasteiger partial charge is 0.273 e. The van der Waals surface area contributed by atoms with Crippen LogP contribution in [0.4, 0.5) is 17.1 Å². The third-order valence-corrected chi connectivity index (χ3v) is 6.15. The molecule has 3 aromatic rings. The molecule has 0 saturated carbocycles. The SMILES string of the molecule is CCc1ccc([C@@H]2[C@H]3C(=O)N(c4ccccc4)C(=O)[C@@H]3ON2c2cccc([N+](=O)[O-])c2)cc1. The lowest BCUT2D eigenvalue weighted by atomic mass is 9.90. The second-order valence-electron chi connectivity index (χ2n) is 8.04. The van der Waals surface area contributed by atoms with Crippen LogP contribution in [-0.2, 0) is 20.8 Å². The molecule has 5 rings (SSSR count).